The van der Waals surface area contributed by atoms with E-state index in [-0.39, 0.29) is 35.8 Å². The lowest BCUT2D eigenvalue weighted by Gasteiger charge is -1.95. The molecule has 0 saturated carbocycles. The molecule has 0 radical (unpaired) electrons. The first-order valence-corrected chi connectivity index (χ1v) is 4.06. The van der Waals surface area contributed by atoms with Gasteiger partial charge in [-0.2, -0.15) is 5.26 Å². The first-order chi connectivity index (χ1) is 7.50. The average Bonchev–Trinajstić information content (AvgIpc) is 2.28. The monoisotopic (exact) mass is 168 g/mol. The van der Waals surface area contributed by atoms with Gasteiger partial charge in [0.2, 0.25) is 0 Å². The largest absolute Gasteiger partial charge is 0.185 e. The molecule has 0 aliphatic carbocycles. The van der Waals surface area contributed by atoms with E-state index in [4.69, 9.17) is 12.1 Å². The lowest BCUT2D eigenvalue weighted by atomic mass is 10.2. The summed E-state index contributed by atoms with van der Waals surface area (Å²) >= 11 is 1.01. The number of nitrogens with zero attached hydrogens (tertiary/aromatic N) is 1. The molecule has 0 fully saturated rings. The van der Waals surface area contributed by atoms with Crippen molar-refractivity contribution in [1.29, 1.82) is 5.26 Å². The smallest absolute Gasteiger partial charge is 0.133 e. The summed E-state index contributed by atoms with van der Waals surface area (Å²) in [5, 5.41) is 10.2. The fourth-order valence-corrected chi connectivity index (χ4v) is 0.997. The Bertz CT molecular complexity index is 425. The average molecular weight is 168 g/mol. The van der Waals surface area contributed by atoms with Crippen LogP contribution in [0, 0.1) is 10.7 Å². The van der Waals surface area contributed by atoms with Crippen LogP contribution in [0.3, 0.4) is 0 Å². The number of rotatable bonds is 3. The molecule has 0 heterocycles. The molecule has 0 saturated heterocycles. The Hall–Kier alpha value is -0.940. The molecule has 2 heteroatoms. The topological polar surface area (TPSA) is 23.8 Å². The van der Waals surface area contributed by atoms with Crippen molar-refractivity contribution in [3.8, 4) is 5.40 Å². The Balaban J connectivity index is 3.14. The molecule has 0 bridgehead atoms. The van der Waals surface area contributed by atoms with E-state index in [1.54, 1.807) is 0 Å². The SMILES string of the molecule is [2H]c1c([2H])c([2H])c(CCSC#N)c([2H])c1[2H]. The third kappa shape index (κ3) is 3.10. The van der Waals surface area contributed by atoms with Gasteiger partial charge < -0.3 is 0 Å². The Morgan fingerprint density at radius 2 is 2.18 bits per heavy atom. The highest BCUT2D eigenvalue weighted by Crippen LogP contribution is 2.04. The van der Waals surface area contributed by atoms with E-state index in [0.29, 0.717) is 12.2 Å². The minimum Gasteiger partial charge on any atom is -0.185 e. The maximum Gasteiger partial charge on any atom is 0.133 e. The van der Waals surface area contributed by atoms with Crippen molar-refractivity contribution in [3.05, 3.63) is 35.8 Å². The normalized spacial score (nSPS) is 15.4. The van der Waals surface area contributed by atoms with Gasteiger partial charge in [-0.1, -0.05) is 30.2 Å². The van der Waals surface area contributed by atoms with Crippen LogP contribution in [-0.2, 0) is 6.42 Å². The molecule has 0 aromatic heterocycles. The van der Waals surface area contributed by atoms with Crippen molar-refractivity contribution in [2.45, 2.75) is 6.42 Å². The van der Waals surface area contributed by atoms with Gasteiger partial charge in [-0.3, -0.25) is 0 Å². The van der Waals surface area contributed by atoms with Gasteiger partial charge in [0.05, 0.1) is 6.85 Å². The van der Waals surface area contributed by atoms with E-state index in [9.17, 15) is 0 Å². The zero-order valence-electron chi connectivity index (χ0n) is 10.8. The molecule has 1 nitrogen and oxygen atoms in total. The molecule has 0 amide bonds. The molecule has 1 aromatic carbocycles. The summed E-state index contributed by atoms with van der Waals surface area (Å²) < 4.78 is 37.5. The quantitative estimate of drug-likeness (QED) is 0.511. The molecule has 11 heavy (non-hydrogen) atoms. The van der Waals surface area contributed by atoms with Gasteiger partial charge in [-0.05, 0) is 23.7 Å². The lowest BCUT2D eigenvalue weighted by molar-refractivity contribution is 1.16. The third-order valence-electron chi connectivity index (χ3n) is 1.07. The molecule has 0 N–H and O–H groups in total. The van der Waals surface area contributed by atoms with Gasteiger partial charge in [-0.25, -0.2) is 0 Å². The summed E-state index contributed by atoms with van der Waals surface area (Å²) in [6, 6.07) is -1.38. The van der Waals surface area contributed by atoms with Gasteiger partial charge in [0, 0.05) is 5.75 Å². The van der Waals surface area contributed by atoms with Crippen molar-refractivity contribution in [2.75, 3.05) is 5.75 Å². The number of thiocyanates is 1. The van der Waals surface area contributed by atoms with Crippen molar-refractivity contribution in [1.82, 2.24) is 0 Å². The zero-order chi connectivity index (χ0) is 12.3. The molecule has 0 spiro atoms. The Morgan fingerprint density at radius 3 is 2.82 bits per heavy atom. The highest BCUT2D eigenvalue weighted by atomic mass is 32.2. The van der Waals surface area contributed by atoms with E-state index in [1.165, 1.54) is 0 Å². The molecule has 0 atom stereocenters. The minimum atomic E-state index is -0.383. The Morgan fingerprint density at radius 1 is 1.45 bits per heavy atom. The van der Waals surface area contributed by atoms with Gasteiger partial charge in [0.1, 0.15) is 5.40 Å². The Kier molecular flexibility index (Phi) is 1.59. The predicted molar refractivity (Wildman–Crippen MR) is 48.2 cm³/mol. The second-order valence-corrected chi connectivity index (χ2v) is 2.67. The van der Waals surface area contributed by atoms with Crippen LogP contribution in [0.4, 0.5) is 0 Å². The van der Waals surface area contributed by atoms with Crippen LogP contribution in [0.15, 0.2) is 30.2 Å². The van der Waals surface area contributed by atoms with Gasteiger partial charge >= 0.3 is 0 Å². The van der Waals surface area contributed by atoms with Crippen LogP contribution in [0.1, 0.15) is 12.4 Å². The standard InChI is InChI=1S/C9H9NS/c10-8-11-7-6-9-4-2-1-3-5-9/h1-5H,6-7H2/i1D,2D,3D,4D,5D. The fourth-order valence-electron chi connectivity index (χ4n) is 0.600. The number of benzene rings is 1. The minimum absolute atomic E-state index is 0.176. The second-order valence-electron chi connectivity index (χ2n) is 1.79. The molecular formula is C9H9NS. The van der Waals surface area contributed by atoms with E-state index in [1.807, 2.05) is 5.40 Å². The molecule has 56 valence electrons. The van der Waals surface area contributed by atoms with E-state index in [0.717, 1.165) is 11.8 Å². The predicted octanol–water partition coefficient (Wildman–Crippen LogP) is 2.44. The molecule has 0 aliphatic heterocycles. The van der Waals surface area contributed by atoms with E-state index < -0.39 is 0 Å². The summed E-state index contributed by atoms with van der Waals surface area (Å²) in [4.78, 5) is 0. The van der Waals surface area contributed by atoms with Crippen LogP contribution in [0.25, 0.3) is 0 Å². The summed E-state index contributed by atoms with van der Waals surface area (Å²) in [6.45, 7) is 0. The van der Waals surface area contributed by atoms with Gasteiger partial charge in [-0.15, -0.1) is 0 Å². The number of nitriles is 1. The maximum absolute atomic E-state index is 8.35. The third-order valence-corrected chi connectivity index (χ3v) is 1.61. The van der Waals surface area contributed by atoms with Crippen molar-refractivity contribution >= 4 is 11.8 Å². The summed E-state index contributed by atoms with van der Waals surface area (Å²) in [7, 11) is 0. The van der Waals surface area contributed by atoms with Crippen LogP contribution in [-0.4, -0.2) is 5.75 Å². The molecule has 0 unspecified atom stereocenters. The first-order valence-electron chi connectivity index (χ1n) is 5.57. The zero-order valence-corrected chi connectivity index (χ0v) is 6.59. The Labute approximate surface area is 78.1 Å². The summed E-state index contributed by atoms with van der Waals surface area (Å²) in [6.07, 6.45) is 0.300. The van der Waals surface area contributed by atoms with E-state index in [2.05, 4.69) is 0 Å². The number of hydrogen-bond acceptors (Lipinski definition) is 2. The number of thioether (sulfide) groups is 1. The molecule has 1 rings (SSSR count). The first kappa shape index (κ1) is 3.64. The maximum atomic E-state index is 8.35. The summed E-state index contributed by atoms with van der Waals surface area (Å²) in [5.74, 6) is 0.421. The molecule has 1 aromatic rings. The van der Waals surface area contributed by atoms with Crippen LogP contribution in [0.2, 0.25) is 0 Å². The van der Waals surface area contributed by atoms with Crippen LogP contribution < -0.4 is 0 Å². The van der Waals surface area contributed by atoms with Gasteiger partial charge in [0.15, 0.2) is 0 Å². The summed E-state index contributed by atoms with van der Waals surface area (Å²) in [5.41, 5.74) is 0.272. The van der Waals surface area contributed by atoms with Crippen molar-refractivity contribution in [3.63, 3.8) is 0 Å². The lowest BCUT2D eigenvalue weighted by Crippen LogP contribution is -1.85. The van der Waals surface area contributed by atoms with Crippen LogP contribution >= 0.6 is 11.8 Å². The highest BCUT2D eigenvalue weighted by Gasteiger charge is 1.89. The van der Waals surface area contributed by atoms with Crippen LogP contribution in [0.5, 0.6) is 0 Å². The fraction of sp³-hybridized carbons (Fsp3) is 0.222. The highest BCUT2D eigenvalue weighted by molar-refractivity contribution is 8.03. The van der Waals surface area contributed by atoms with Gasteiger partial charge in [0.25, 0.3) is 0 Å². The van der Waals surface area contributed by atoms with E-state index >= 15 is 0 Å². The second kappa shape index (κ2) is 4.81. The molecule has 0 aliphatic rings. The number of hydrogen-bond donors (Lipinski definition) is 0. The van der Waals surface area contributed by atoms with Crippen molar-refractivity contribution < 1.29 is 6.85 Å². The molecular weight excluding hydrogens is 154 g/mol. The van der Waals surface area contributed by atoms with Crippen molar-refractivity contribution in [2.24, 2.45) is 0 Å².